The quantitative estimate of drug-likeness (QED) is 0.684. The maximum absolute atomic E-state index is 10.6. The number of aliphatic hydroxyl groups excluding tert-OH is 1. The van der Waals surface area contributed by atoms with Crippen molar-refractivity contribution in [3.63, 3.8) is 0 Å². The molecule has 4 heteroatoms. The van der Waals surface area contributed by atoms with Crippen LogP contribution in [-0.4, -0.2) is 33.3 Å². The fourth-order valence-electron chi connectivity index (χ4n) is 3.06. The molecule has 1 unspecified atom stereocenters. The molecule has 1 heterocycles. The average Bonchev–Trinajstić information content (AvgIpc) is 2.50. The smallest absolute Gasteiger partial charge is 0.126 e. The maximum atomic E-state index is 10.6. The molecule has 2 rings (SSSR count). The molecule has 0 bridgehead atoms. The highest BCUT2D eigenvalue weighted by Crippen LogP contribution is 2.46. The molecule has 0 radical (unpaired) electrons. The molecule has 0 saturated carbocycles. The molecule has 0 spiro atoms. The van der Waals surface area contributed by atoms with Crippen LogP contribution in [0.5, 0.6) is 5.75 Å². The van der Waals surface area contributed by atoms with E-state index in [1.165, 1.54) is 18.4 Å². The van der Waals surface area contributed by atoms with Crippen LogP contribution in [0.4, 0.5) is 0 Å². The van der Waals surface area contributed by atoms with E-state index in [1.807, 2.05) is 24.8 Å². The molecule has 1 atom stereocenters. The second-order valence-electron chi connectivity index (χ2n) is 7.33. The Bertz CT molecular complexity index is 596. The monoisotopic (exact) mass is 349 g/mol. The Balaban J connectivity index is 2.33. The number of benzene rings is 1. The van der Waals surface area contributed by atoms with Crippen molar-refractivity contribution in [1.82, 2.24) is 0 Å². The number of aryl methyl sites for hydroxylation is 1. The maximum Gasteiger partial charge on any atom is 0.126 e. The summed E-state index contributed by atoms with van der Waals surface area (Å²) in [5.74, 6) is 0.340. The van der Waals surface area contributed by atoms with Crippen molar-refractivity contribution in [3.05, 3.63) is 23.3 Å². The Labute approximate surface area is 150 Å². The molecule has 134 valence electrons. The van der Waals surface area contributed by atoms with Crippen LogP contribution in [0.1, 0.15) is 70.9 Å². The second kappa shape index (κ2) is 8.39. The summed E-state index contributed by atoms with van der Waals surface area (Å²) in [6.45, 7) is 9.00. The van der Waals surface area contributed by atoms with Crippen LogP contribution in [0.3, 0.4) is 0 Å². The van der Waals surface area contributed by atoms with Gasteiger partial charge in [0.05, 0.1) is 18.2 Å². The number of hydrogen-bond acceptors (Lipinski definition) is 4. The number of phenolic OH excluding ortho intramolecular Hbond substituents is 1. The van der Waals surface area contributed by atoms with Gasteiger partial charge in [-0.3, -0.25) is 4.99 Å². The van der Waals surface area contributed by atoms with E-state index in [2.05, 4.69) is 31.8 Å². The molecule has 1 aliphatic rings. The van der Waals surface area contributed by atoms with Crippen LogP contribution in [0.15, 0.2) is 22.0 Å². The van der Waals surface area contributed by atoms with Gasteiger partial charge >= 0.3 is 0 Å². The molecule has 0 aromatic heterocycles. The zero-order valence-electron chi connectivity index (χ0n) is 15.4. The average molecular weight is 350 g/mol. The summed E-state index contributed by atoms with van der Waals surface area (Å²) in [4.78, 5) is 5.78. The Morgan fingerprint density at radius 2 is 2.00 bits per heavy atom. The minimum atomic E-state index is -0.408. The lowest BCUT2D eigenvalue weighted by Gasteiger charge is -2.32. The normalized spacial score (nSPS) is 19.3. The lowest BCUT2D eigenvalue weighted by Crippen LogP contribution is -2.27. The molecule has 24 heavy (non-hydrogen) atoms. The van der Waals surface area contributed by atoms with Gasteiger partial charge in [-0.2, -0.15) is 0 Å². The highest BCUT2D eigenvalue weighted by molar-refractivity contribution is 8.00. The molecular formula is C20H31NO2S. The van der Waals surface area contributed by atoms with E-state index in [-0.39, 0.29) is 4.75 Å². The molecule has 1 aromatic rings. The second-order valence-corrected chi connectivity index (χ2v) is 9.08. The molecule has 3 nitrogen and oxygen atoms in total. The van der Waals surface area contributed by atoms with Gasteiger partial charge in [-0.05, 0) is 50.8 Å². The van der Waals surface area contributed by atoms with E-state index in [9.17, 15) is 10.2 Å². The van der Waals surface area contributed by atoms with Gasteiger partial charge in [0.25, 0.3) is 0 Å². The molecule has 0 aliphatic carbocycles. The predicted molar refractivity (Wildman–Crippen MR) is 104 cm³/mol. The number of unbranched alkanes of at least 4 members (excludes halogenated alkanes) is 2. The predicted octanol–water partition coefficient (Wildman–Crippen LogP) is 4.96. The minimum Gasteiger partial charge on any atom is -0.507 e. The Morgan fingerprint density at radius 1 is 1.25 bits per heavy atom. The molecule has 2 N–H and O–H groups in total. The number of nitrogens with zero attached hydrogens (tertiary/aromatic N) is 1. The van der Waals surface area contributed by atoms with Crippen LogP contribution in [0.2, 0.25) is 0 Å². The van der Waals surface area contributed by atoms with Crippen molar-refractivity contribution in [2.24, 2.45) is 4.99 Å². The first-order valence-electron chi connectivity index (χ1n) is 9.13. The lowest BCUT2D eigenvalue weighted by atomic mass is 9.95. The van der Waals surface area contributed by atoms with Crippen molar-refractivity contribution in [3.8, 4) is 5.75 Å². The lowest BCUT2D eigenvalue weighted by molar-refractivity contribution is 0.179. The number of aliphatic imine (C=N–C) groups is 1. The number of aliphatic hydroxyl groups is 1. The van der Waals surface area contributed by atoms with Crippen molar-refractivity contribution in [2.45, 2.75) is 82.0 Å². The number of phenols is 1. The third kappa shape index (κ3) is 5.00. The first-order chi connectivity index (χ1) is 11.4. The SMILES string of the molecule is CCCCCc1cc(O)c2c(c1)SC(C)(C)CC2=NCC(O)CC. The largest absolute Gasteiger partial charge is 0.507 e. The van der Waals surface area contributed by atoms with E-state index in [0.717, 1.165) is 35.4 Å². The fraction of sp³-hybridized carbons (Fsp3) is 0.650. The number of thioether (sulfide) groups is 1. The van der Waals surface area contributed by atoms with Gasteiger partial charge in [-0.15, -0.1) is 11.8 Å². The van der Waals surface area contributed by atoms with Gasteiger partial charge in [0, 0.05) is 21.8 Å². The summed E-state index contributed by atoms with van der Waals surface area (Å²) in [7, 11) is 0. The number of rotatable bonds is 7. The highest BCUT2D eigenvalue weighted by Gasteiger charge is 2.32. The van der Waals surface area contributed by atoms with Crippen molar-refractivity contribution < 1.29 is 10.2 Å². The Hall–Kier alpha value is -1.00. The number of aromatic hydroxyl groups is 1. The van der Waals surface area contributed by atoms with Gasteiger partial charge in [0.15, 0.2) is 0 Å². The Kier molecular flexibility index (Phi) is 6.76. The molecule has 1 aromatic carbocycles. The van der Waals surface area contributed by atoms with Crippen LogP contribution < -0.4 is 0 Å². The summed E-state index contributed by atoms with van der Waals surface area (Å²) in [5, 5.41) is 20.4. The van der Waals surface area contributed by atoms with Gasteiger partial charge < -0.3 is 10.2 Å². The number of hydrogen-bond donors (Lipinski definition) is 2. The van der Waals surface area contributed by atoms with E-state index < -0.39 is 6.10 Å². The zero-order valence-corrected chi connectivity index (χ0v) is 16.2. The zero-order chi connectivity index (χ0) is 17.7. The third-order valence-electron chi connectivity index (χ3n) is 4.44. The summed E-state index contributed by atoms with van der Waals surface area (Å²) >= 11 is 1.82. The molecule has 1 aliphatic heterocycles. The summed E-state index contributed by atoms with van der Waals surface area (Å²) in [6, 6.07) is 4.13. The van der Waals surface area contributed by atoms with Crippen LogP contribution >= 0.6 is 11.8 Å². The molecule has 0 fully saturated rings. The van der Waals surface area contributed by atoms with Crippen molar-refractivity contribution in [1.29, 1.82) is 0 Å². The van der Waals surface area contributed by atoms with Crippen LogP contribution in [-0.2, 0) is 6.42 Å². The molecular weight excluding hydrogens is 318 g/mol. The fourth-order valence-corrected chi connectivity index (χ4v) is 4.39. The minimum absolute atomic E-state index is 0.0531. The van der Waals surface area contributed by atoms with Crippen LogP contribution in [0.25, 0.3) is 0 Å². The van der Waals surface area contributed by atoms with Gasteiger partial charge in [0.2, 0.25) is 0 Å². The first kappa shape index (κ1) is 19.3. The van der Waals surface area contributed by atoms with Crippen LogP contribution in [0, 0.1) is 0 Å². The molecule has 0 saturated heterocycles. The third-order valence-corrected chi connectivity index (χ3v) is 5.68. The standard InChI is InChI=1S/C20H31NO2S/c1-5-7-8-9-14-10-17(23)19-16(21-13-15(22)6-2)12-20(3,4)24-18(19)11-14/h10-11,15,22-23H,5-9,12-13H2,1-4H3. The number of fused-ring (bicyclic) bond motifs is 1. The van der Waals surface area contributed by atoms with Crippen molar-refractivity contribution in [2.75, 3.05) is 6.54 Å². The van der Waals surface area contributed by atoms with Gasteiger partial charge in [-0.25, -0.2) is 0 Å². The summed E-state index contributed by atoms with van der Waals surface area (Å²) in [6.07, 6.45) is 5.69. The van der Waals surface area contributed by atoms with E-state index in [0.29, 0.717) is 18.7 Å². The van der Waals surface area contributed by atoms with E-state index in [1.54, 1.807) is 0 Å². The topological polar surface area (TPSA) is 52.8 Å². The van der Waals surface area contributed by atoms with Gasteiger partial charge in [0.1, 0.15) is 5.75 Å². The van der Waals surface area contributed by atoms with Gasteiger partial charge in [-0.1, -0.05) is 26.7 Å². The Morgan fingerprint density at radius 3 is 2.67 bits per heavy atom. The summed E-state index contributed by atoms with van der Waals surface area (Å²) < 4.78 is 0.0531. The first-order valence-corrected chi connectivity index (χ1v) is 9.94. The summed E-state index contributed by atoms with van der Waals surface area (Å²) in [5.41, 5.74) is 3.01. The molecule has 0 amide bonds. The highest BCUT2D eigenvalue weighted by atomic mass is 32.2. The van der Waals surface area contributed by atoms with E-state index in [4.69, 9.17) is 0 Å². The van der Waals surface area contributed by atoms with Crippen molar-refractivity contribution >= 4 is 17.5 Å². The van der Waals surface area contributed by atoms with E-state index >= 15 is 0 Å².